The van der Waals surface area contributed by atoms with Crippen LogP contribution in [0.2, 0.25) is 0 Å². The van der Waals surface area contributed by atoms with Crippen LogP contribution < -0.4 is 4.72 Å². The second-order valence-corrected chi connectivity index (χ2v) is 6.42. The normalized spacial score (nSPS) is 19.8. The molecule has 0 aliphatic heterocycles. The van der Waals surface area contributed by atoms with Crippen LogP contribution in [-0.2, 0) is 14.8 Å². The van der Waals surface area contributed by atoms with Crippen molar-refractivity contribution in [1.82, 2.24) is 4.72 Å². The molecule has 94 valence electrons. The first-order valence-electron chi connectivity index (χ1n) is 5.65. The van der Waals surface area contributed by atoms with Gasteiger partial charge >= 0.3 is 5.97 Å². The number of hydrogen-bond donors (Lipinski definition) is 2. The van der Waals surface area contributed by atoms with E-state index in [0.717, 1.165) is 25.7 Å². The van der Waals surface area contributed by atoms with Crippen LogP contribution in [0, 0.1) is 5.92 Å². The van der Waals surface area contributed by atoms with Gasteiger partial charge in [-0.05, 0) is 19.3 Å². The minimum Gasteiger partial charge on any atom is -0.481 e. The smallest absolute Gasteiger partial charge is 0.306 e. The van der Waals surface area contributed by atoms with Crippen molar-refractivity contribution < 1.29 is 18.3 Å². The Labute approximate surface area is 96.3 Å². The number of rotatable bonds is 6. The van der Waals surface area contributed by atoms with E-state index in [-0.39, 0.29) is 11.8 Å². The highest BCUT2D eigenvalue weighted by atomic mass is 32.2. The van der Waals surface area contributed by atoms with Gasteiger partial charge in [-0.25, -0.2) is 13.1 Å². The quantitative estimate of drug-likeness (QED) is 0.734. The maximum atomic E-state index is 11.7. The van der Waals surface area contributed by atoms with Crippen LogP contribution in [0.5, 0.6) is 0 Å². The van der Waals surface area contributed by atoms with E-state index >= 15 is 0 Å². The van der Waals surface area contributed by atoms with E-state index in [1.807, 2.05) is 0 Å². The standard InChI is InChI=1S/C10H19NO4S/c1-8(10(12)13)6-7-11-16(14,15)9-4-2-3-5-9/h8-9,11H,2-7H2,1H3,(H,12,13). The number of carboxylic acids is 1. The van der Waals surface area contributed by atoms with Gasteiger partial charge in [-0.1, -0.05) is 19.8 Å². The van der Waals surface area contributed by atoms with E-state index in [9.17, 15) is 13.2 Å². The summed E-state index contributed by atoms with van der Waals surface area (Å²) in [6.45, 7) is 1.79. The summed E-state index contributed by atoms with van der Waals surface area (Å²) in [5.74, 6) is -1.40. The molecule has 6 heteroatoms. The summed E-state index contributed by atoms with van der Waals surface area (Å²) in [4.78, 5) is 10.5. The predicted octanol–water partition coefficient (Wildman–Crippen LogP) is 0.959. The van der Waals surface area contributed by atoms with E-state index < -0.39 is 21.9 Å². The molecule has 0 aromatic carbocycles. The van der Waals surface area contributed by atoms with Crippen LogP contribution in [0.3, 0.4) is 0 Å². The Morgan fingerprint density at radius 3 is 2.50 bits per heavy atom. The van der Waals surface area contributed by atoms with E-state index in [4.69, 9.17) is 5.11 Å². The van der Waals surface area contributed by atoms with Gasteiger partial charge in [-0.15, -0.1) is 0 Å². The van der Waals surface area contributed by atoms with Crippen molar-refractivity contribution in [2.75, 3.05) is 6.54 Å². The Kier molecular flexibility index (Phi) is 4.73. The number of hydrogen-bond acceptors (Lipinski definition) is 3. The zero-order chi connectivity index (χ0) is 12.2. The highest BCUT2D eigenvalue weighted by molar-refractivity contribution is 7.90. The monoisotopic (exact) mass is 249 g/mol. The molecule has 1 aliphatic rings. The number of aliphatic carboxylic acids is 1. The Balaban J connectivity index is 2.33. The molecule has 2 N–H and O–H groups in total. The Hall–Kier alpha value is -0.620. The van der Waals surface area contributed by atoms with Gasteiger partial charge in [0.15, 0.2) is 0 Å². The zero-order valence-corrected chi connectivity index (χ0v) is 10.3. The molecule has 5 nitrogen and oxygen atoms in total. The van der Waals surface area contributed by atoms with Crippen molar-refractivity contribution in [3.8, 4) is 0 Å². The summed E-state index contributed by atoms with van der Waals surface area (Å²) in [5.41, 5.74) is 0. The molecule has 16 heavy (non-hydrogen) atoms. The molecular formula is C10H19NO4S. The molecule has 0 saturated heterocycles. The van der Waals surface area contributed by atoms with Gasteiger partial charge in [-0.2, -0.15) is 0 Å². The first-order chi connectivity index (χ1) is 7.43. The number of carboxylic acid groups (broad SMARTS) is 1. The summed E-state index contributed by atoms with van der Waals surface area (Å²) in [7, 11) is -3.22. The average molecular weight is 249 g/mol. The molecule has 0 amide bonds. The minimum absolute atomic E-state index is 0.215. The van der Waals surface area contributed by atoms with E-state index in [2.05, 4.69) is 4.72 Å². The fourth-order valence-corrected chi connectivity index (χ4v) is 3.45. The summed E-state index contributed by atoms with van der Waals surface area (Å²) in [5, 5.41) is 8.38. The molecule has 1 fully saturated rings. The molecule has 1 unspecified atom stereocenters. The lowest BCUT2D eigenvalue weighted by atomic mass is 10.1. The van der Waals surface area contributed by atoms with Gasteiger partial charge < -0.3 is 5.11 Å². The molecule has 0 radical (unpaired) electrons. The van der Waals surface area contributed by atoms with Gasteiger partial charge in [-0.3, -0.25) is 4.79 Å². The highest BCUT2D eigenvalue weighted by Crippen LogP contribution is 2.23. The first kappa shape index (κ1) is 13.4. The lowest BCUT2D eigenvalue weighted by molar-refractivity contribution is -0.141. The molecule has 0 aromatic heterocycles. The van der Waals surface area contributed by atoms with Crippen LogP contribution in [0.15, 0.2) is 0 Å². The molecule has 0 bridgehead atoms. The average Bonchev–Trinajstić information content (AvgIpc) is 2.70. The van der Waals surface area contributed by atoms with Crippen LogP contribution in [0.1, 0.15) is 39.0 Å². The van der Waals surface area contributed by atoms with Crippen molar-refractivity contribution in [1.29, 1.82) is 0 Å². The zero-order valence-electron chi connectivity index (χ0n) is 9.48. The molecular weight excluding hydrogens is 230 g/mol. The molecule has 0 aromatic rings. The topological polar surface area (TPSA) is 83.5 Å². The van der Waals surface area contributed by atoms with Crippen molar-refractivity contribution in [2.24, 2.45) is 5.92 Å². The molecule has 1 atom stereocenters. The highest BCUT2D eigenvalue weighted by Gasteiger charge is 2.28. The third kappa shape index (κ3) is 3.75. The molecule has 0 heterocycles. The van der Waals surface area contributed by atoms with Crippen molar-refractivity contribution in [2.45, 2.75) is 44.3 Å². The molecule has 1 saturated carbocycles. The minimum atomic E-state index is -3.22. The third-order valence-electron chi connectivity index (χ3n) is 3.04. The Morgan fingerprint density at radius 2 is 2.00 bits per heavy atom. The SMILES string of the molecule is CC(CCNS(=O)(=O)C1CCCC1)C(=O)O. The maximum Gasteiger partial charge on any atom is 0.306 e. The fourth-order valence-electron chi connectivity index (χ4n) is 1.86. The molecule has 1 aliphatic carbocycles. The van der Waals surface area contributed by atoms with Gasteiger partial charge in [0.2, 0.25) is 10.0 Å². The van der Waals surface area contributed by atoms with E-state index in [0.29, 0.717) is 6.42 Å². The number of carbonyl (C=O) groups is 1. The predicted molar refractivity (Wildman–Crippen MR) is 60.6 cm³/mol. The van der Waals surface area contributed by atoms with Crippen LogP contribution in [0.4, 0.5) is 0 Å². The second kappa shape index (κ2) is 5.63. The number of sulfonamides is 1. The van der Waals surface area contributed by atoms with Crippen LogP contribution in [0.25, 0.3) is 0 Å². The first-order valence-corrected chi connectivity index (χ1v) is 7.19. The van der Waals surface area contributed by atoms with Gasteiger partial charge in [0.05, 0.1) is 11.2 Å². The summed E-state index contributed by atoms with van der Waals surface area (Å²) in [6, 6.07) is 0. The van der Waals surface area contributed by atoms with Crippen LogP contribution >= 0.6 is 0 Å². The van der Waals surface area contributed by atoms with Crippen molar-refractivity contribution >= 4 is 16.0 Å². The summed E-state index contributed by atoms with van der Waals surface area (Å²) < 4.78 is 25.9. The van der Waals surface area contributed by atoms with Gasteiger partial charge in [0.25, 0.3) is 0 Å². The second-order valence-electron chi connectivity index (χ2n) is 4.37. The fraction of sp³-hybridized carbons (Fsp3) is 0.900. The van der Waals surface area contributed by atoms with Gasteiger partial charge in [0, 0.05) is 6.54 Å². The van der Waals surface area contributed by atoms with Crippen molar-refractivity contribution in [3.05, 3.63) is 0 Å². The van der Waals surface area contributed by atoms with Crippen LogP contribution in [-0.4, -0.2) is 31.3 Å². The Morgan fingerprint density at radius 1 is 1.44 bits per heavy atom. The largest absolute Gasteiger partial charge is 0.481 e. The summed E-state index contributed by atoms with van der Waals surface area (Å²) >= 11 is 0. The lowest BCUT2D eigenvalue weighted by Gasteiger charge is -2.13. The lowest BCUT2D eigenvalue weighted by Crippen LogP contribution is -2.34. The maximum absolute atomic E-state index is 11.7. The molecule has 0 spiro atoms. The third-order valence-corrected chi connectivity index (χ3v) is 5.00. The van der Waals surface area contributed by atoms with Gasteiger partial charge in [0.1, 0.15) is 0 Å². The van der Waals surface area contributed by atoms with E-state index in [1.54, 1.807) is 6.92 Å². The molecule has 1 rings (SSSR count). The number of nitrogens with one attached hydrogen (secondary N) is 1. The van der Waals surface area contributed by atoms with Crippen molar-refractivity contribution in [3.63, 3.8) is 0 Å². The summed E-state index contributed by atoms with van der Waals surface area (Å²) in [6.07, 6.45) is 3.73. The van der Waals surface area contributed by atoms with E-state index in [1.165, 1.54) is 0 Å². The Bertz CT molecular complexity index is 333.